The third-order valence-corrected chi connectivity index (χ3v) is 2.65. The van der Waals surface area contributed by atoms with Gasteiger partial charge >= 0.3 is 0 Å². The molecular formula is C10H12BrClN2O2. The number of nitrogens with one attached hydrogen (secondary N) is 1. The van der Waals surface area contributed by atoms with Crippen molar-refractivity contribution in [1.82, 2.24) is 5.43 Å². The second-order valence-corrected chi connectivity index (χ2v) is 4.42. The quantitative estimate of drug-likeness (QED) is 0.379. The number of benzene rings is 1. The molecule has 0 aliphatic rings. The molecule has 0 atom stereocenters. The minimum absolute atomic E-state index is 0.203. The van der Waals surface area contributed by atoms with E-state index in [1.54, 1.807) is 12.1 Å². The van der Waals surface area contributed by atoms with Gasteiger partial charge in [0.1, 0.15) is 5.75 Å². The van der Waals surface area contributed by atoms with E-state index in [1.807, 2.05) is 6.07 Å². The van der Waals surface area contributed by atoms with Gasteiger partial charge in [-0.2, -0.15) is 0 Å². The number of ether oxygens (including phenoxy) is 1. The minimum Gasteiger partial charge on any atom is -0.492 e. The molecule has 0 bridgehead atoms. The number of hydrogen-bond acceptors (Lipinski definition) is 3. The highest BCUT2D eigenvalue weighted by Gasteiger charge is 2.03. The lowest BCUT2D eigenvalue weighted by atomic mass is 10.3. The van der Waals surface area contributed by atoms with Gasteiger partial charge < -0.3 is 4.74 Å². The van der Waals surface area contributed by atoms with Gasteiger partial charge in [-0.1, -0.05) is 27.5 Å². The van der Waals surface area contributed by atoms with Crippen LogP contribution in [0.5, 0.6) is 5.75 Å². The maximum absolute atomic E-state index is 10.8. The molecule has 0 radical (unpaired) electrons. The van der Waals surface area contributed by atoms with Crippen LogP contribution in [0.2, 0.25) is 5.02 Å². The van der Waals surface area contributed by atoms with Crippen molar-refractivity contribution in [3.63, 3.8) is 0 Å². The molecule has 0 saturated heterocycles. The maximum Gasteiger partial charge on any atom is 0.234 e. The van der Waals surface area contributed by atoms with Crippen molar-refractivity contribution in [1.29, 1.82) is 0 Å². The predicted molar refractivity (Wildman–Crippen MR) is 66.2 cm³/mol. The molecule has 3 N–H and O–H groups in total. The van der Waals surface area contributed by atoms with Crippen LogP contribution in [0, 0.1) is 0 Å². The van der Waals surface area contributed by atoms with Crippen LogP contribution in [0.25, 0.3) is 0 Å². The molecule has 4 nitrogen and oxygen atoms in total. The van der Waals surface area contributed by atoms with Crippen LogP contribution < -0.4 is 16.0 Å². The highest BCUT2D eigenvalue weighted by molar-refractivity contribution is 9.10. The zero-order valence-electron chi connectivity index (χ0n) is 8.50. The smallest absolute Gasteiger partial charge is 0.234 e. The van der Waals surface area contributed by atoms with Gasteiger partial charge in [0.2, 0.25) is 5.91 Å². The molecule has 16 heavy (non-hydrogen) atoms. The monoisotopic (exact) mass is 306 g/mol. The van der Waals surface area contributed by atoms with Crippen LogP contribution in [0.1, 0.15) is 12.8 Å². The van der Waals surface area contributed by atoms with E-state index >= 15 is 0 Å². The molecule has 1 amide bonds. The number of hydrogen-bond donors (Lipinski definition) is 2. The Balaban J connectivity index is 2.35. The summed E-state index contributed by atoms with van der Waals surface area (Å²) >= 11 is 9.24. The van der Waals surface area contributed by atoms with E-state index < -0.39 is 0 Å². The molecule has 0 spiro atoms. The van der Waals surface area contributed by atoms with E-state index in [0.717, 1.165) is 4.47 Å². The Kier molecular flexibility index (Phi) is 5.59. The van der Waals surface area contributed by atoms with Crippen LogP contribution >= 0.6 is 27.5 Å². The van der Waals surface area contributed by atoms with Crippen LogP contribution in [0.4, 0.5) is 0 Å². The first kappa shape index (κ1) is 13.3. The van der Waals surface area contributed by atoms with Gasteiger partial charge in [-0.15, -0.1) is 0 Å². The topological polar surface area (TPSA) is 64.3 Å². The first-order valence-corrected chi connectivity index (χ1v) is 5.88. The largest absolute Gasteiger partial charge is 0.492 e. The van der Waals surface area contributed by atoms with E-state index in [9.17, 15) is 4.79 Å². The van der Waals surface area contributed by atoms with Gasteiger partial charge in [0.05, 0.1) is 11.6 Å². The predicted octanol–water partition coefficient (Wildman–Crippen LogP) is 2.25. The van der Waals surface area contributed by atoms with Gasteiger partial charge in [-0.3, -0.25) is 10.2 Å². The van der Waals surface area contributed by atoms with Gasteiger partial charge in [-0.05, 0) is 24.6 Å². The fourth-order valence-corrected chi connectivity index (χ4v) is 1.81. The molecule has 0 saturated carbocycles. The lowest BCUT2D eigenvalue weighted by Crippen LogP contribution is -2.29. The summed E-state index contributed by atoms with van der Waals surface area (Å²) in [5, 5.41) is 0.539. The number of hydrazine groups is 1. The molecule has 88 valence electrons. The number of carbonyl (C=O) groups is 1. The minimum atomic E-state index is -0.203. The summed E-state index contributed by atoms with van der Waals surface area (Å²) in [6.07, 6.45) is 0.931. The van der Waals surface area contributed by atoms with Gasteiger partial charge in [0.15, 0.2) is 0 Å². The van der Waals surface area contributed by atoms with Crippen LogP contribution in [-0.2, 0) is 4.79 Å². The Morgan fingerprint density at radius 2 is 2.31 bits per heavy atom. The van der Waals surface area contributed by atoms with Crippen molar-refractivity contribution in [3.05, 3.63) is 27.7 Å². The Bertz CT molecular complexity index is 374. The van der Waals surface area contributed by atoms with Crippen molar-refractivity contribution >= 4 is 33.4 Å². The van der Waals surface area contributed by atoms with E-state index in [-0.39, 0.29) is 5.91 Å². The van der Waals surface area contributed by atoms with E-state index in [2.05, 4.69) is 21.4 Å². The van der Waals surface area contributed by atoms with E-state index in [1.165, 1.54) is 0 Å². The molecular weight excluding hydrogens is 295 g/mol. The van der Waals surface area contributed by atoms with Gasteiger partial charge in [-0.25, -0.2) is 5.84 Å². The normalized spacial score (nSPS) is 9.94. The van der Waals surface area contributed by atoms with Crippen molar-refractivity contribution in [2.45, 2.75) is 12.8 Å². The maximum atomic E-state index is 10.8. The number of nitrogens with two attached hydrogens (primary N) is 1. The summed E-state index contributed by atoms with van der Waals surface area (Å²) in [6.45, 7) is 0.425. The number of rotatable bonds is 5. The zero-order valence-corrected chi connectivity index (χ0v) is 10.8. The molecule has 6 heteroatoms. The highest BCUT2D eigenvalue weighted by atomic mass is 79.9. The molecule has 0 aliphatic carbocycles. The molecule has 0 aromatic heterocycles. The summed E-state index contributed by atoms with van der Waals surface area (Å²) in [7, 11) is 0. The number of carbonyl (C=O) groups excluding carboxylic acids is 1. The Morgan fingerprint density at radius 3 is 2.94 bits per heavy atom. The van der Waals surface area contributed by atoms with Gasteiger partial charge in [0, 0.05) is 10.9 Å². The fourth-order valence-electron chi connectivity index (χ4n) is 1.08. The summed E-state index contributed by atoms with van der Waals surface area (Å²) in [5.74, 6) is 5.35. The van der Waals surface area contributed by atoms with Crippen molar-refractivity contribution in [2.24, 2.45) is 5.84 Å². The highest BCUT2D eigenvalue weighted by Crippen LogP contribution is 2.27. The Morgan fingerprint density at radius 1 is 1.56 bits per heavy atom. The standard InChI is InChI=1S/C10H12BrClN2O2/c11-7-3-4-9(8(12)6-7)16-5-1-2-10(15)14-13/h3-4,6H,1-2,5,13H2,(H,14,15). The molecule has 0 unspecified atom stereocenters. The lowest BCUT2D eigenvalue weighted by Gasteiger charge is -2.07. The molecule has 1 aromatic carbocycles. The lowest BCUT2D eigenvalue weighted by molar-refractivity contribution is -0.121. The molecule has 0 fully saturated rings. The molecule has 0 aliphatic heterocycles. The second-order valence-electron chi connectivity index (χ2n) is 3.09. The average Bonchev–Trinajstić information content (AvgIpc) is 2.26. The first-order chi connectivity index (χ1) is 7.63. The van der Waals surface area contributed by atoms with E-state index in [0.29, 0.717) is 30.2 Å². The van der Waals surface area contributed by atoms with Crippen molar-refractivity contribution < 1.29 is 9.53 Å². The Labute approximate surface area is 107 Å². The summed E-state index contributed by atoms with van der Waals surface area (Å²) in [6, 6.07) is 5.37. The van der Waals surface area contributed by atoms with Crippen molar-refractivity contribution in [3.8, 4) is 5.75 Å². The SMILES string of the molecule is NNC(=O)CCCOc1ccc(Br)cc1Cl. The molecule has 1 aromatic rings. The fraction of sp³-hybridized carbons (Fsp3) is 0.300. The first-order valence-electron chi connectivity index (χ1n) is 4.71. The van der Waals surface area contributed by atoms with Crippen LogP contribution in [0.15, 0.2) is 22.7 Å². The third kappa shape index (κ3) is 4.38. The summed E-state index contributed by atoms with van der Waals surface area (Å²) in [4.78, 5) is 10.8. The molecule has 0 heterocycles. The number of halogens is 2. The van der Waals surface area contributed by atoms with Crippen molar-refractivity contribution in [2.75, 3.05) is 6.61 Å². The summed E-state index contributed by atoms with van der Waals surface area (Å²) < 4.78 is 6.31. The zero-order chi connectivity index (χ0) is 12.0. The Hall–Kier alpha value is -0.780. The summed E-state index contributed by atoms with van der Waals surface area (Å²) in [5.41, 5.74) is 2.06. The second kappa shape index (κ2) is 6.73. The van der Waals surface area contributed by atoms with Crippen LogP contribution in [-0.4, -0.2) is 12.5 Å². The van der Waals surface area contributed by atoms with Gasteiger partial charge in [0.25, 0.3) is 0 Å². The van der Waals surface area contributed by atoms with Crippen LogP contribution in [0.3, 0.4) is 0 Å². The average molecular weight is 308 g/mol. The van der Waals surface area contributed by atoms with E-state index in [4.69, 9.17) is 22.2 Å². The molecule has 1 rings (SSSR count). The number of amides is 1. The third-order valence-electron chi connectivity index (χ3n) is 1.86.